The first kappa shape index (κ1) is 17.2. The number of phenolic OH excluding ortho intramolecular Hbond substituents is 1. The second-order valence-electron chi connectivity index (χ2n) is 5.36. The van der Waals surface area contributed by atoms with Crippen molar-refractivity contribution in [1.29, 1.82) is 0 Å². The second-order valence-corrected chi connectivity index (χ2v) is 5.77. The molecule has 4 nitrogen and oxygen atoms in total. The molecular formula is C18H19ClO4. The van der Waals surface area contributed by atoms with Crippen LogP contribution in [0.1, 0.15) is 29.5 Å². The van der Waals surface area contributed by atoms with Crippen molar-refractivity contribution < 1.29 is 19.7 Å². The Morgan fingerprint density at radius 3 is 2.48 bits per heavy atom. The quantitative estimate of drug-likeness (QED) is 0.832. The maximum atomic E-state index is 11.6. The summed E-state index contributed by atoms with van der Waals surface area (Å²) in [6.45, 7) is 4.13. The summed E-state index contributed by atoms with van der Waals surface area (Å²) in [5.41, 5.74) is 2.50. The zero-order chi connectivity index (χ0) is 17.0. The fourth-order valence-electron chi connectivity index (χ4n) is 2.39. The van der Waals surface area contributed by atoms with Crippen LogP contribution < -0.4 is 4.74 Å². The van der Waals surface area contributed by atoms with E-state index in [0.717, 1.165) is 11.1 Å². The molecule has 2 aromatic carbocycles. The number of rotatable bonds is 6. The van der Waals surface area contributed by atoms with Crippen LogP contribution in [-0.2, 0) is 11.2 Å². The molecule has 0 aromatic heterocycles. The molecule has 0 aliphatic heterocycles. The lowest BCUT2D eigenvalue weighted by atomic mass is 9.91. The predicted octanol–water partition coefficient (Wildman–Crippen LogP) is 4.16. The minimum absolute atomic E-state index is 0.125. The molecule has 0 heterocycles. The van der Waals surface area contributed by atoms with Crippen LogP contribution in [0.25, 0.3) is 0 Å². The van der Waals surface area contributed by atoms with Crippen molar-refractivity contribution >= 4 is 17.6 Å². The van der Waals surface area contributed by atoms with Gasteiger partial charge in [-0.15, -0.1) is 0 Å². The first-order valence-corrected chi connectivity index (χ1v) is 7.73. The standard InChI is InChI=1S/C18H19ClO4/c1-3-23-16-10-12(9-15(19)17(16)20)8-14(18(21)22)13-6-4-11(2)5-7-13/h4-7,9-10,14,20H,3,8H2,1-2H3,(H,21,22). The Hall–Kier alpha value is -2.20. The fraction of sp³-hybridized carbons (Fsp3) is 0.278. The van der Waals surface area contributed by atoms with Gasteiger partial charge in [-0.25, -0.2) is 0 Å². The SMILES string of the molecule is CCOc1cc(CC(C(=O)O)c2ccc(C)cc2)cc(Cl)c1O. The minimum atomic E-state index is -0.906. The van der Waals surface area contributed by atoms with E-state index in [1.54, 1.807) is 19.1 Å². The molecule has 0 aliphatic carbocycles. The highest BCUT2D eigenvalue weighted by Gasteiger charge is 2.21. The van der Waals surface area contributed by atoms with Gasteiger partial charge in [0.1, 0.15) is 0 Å². The summed E-state index contributed by atoms with van der Waals surface area (Å²) in [5, 5.41) is 19.6. The summed E-state index contributed by atoms with van der Waals surface area (Å²) in [5.74, 6) is -1.45. The molecule has 0 saturated carbocycles. The molecule has 0 spiro atoms. The van der Waals surface area contributed by atoms with Gasteiger partial charge in [0.05, 0.1) is 17.5 Å². The zero-order valence-electron chi connectivity index (χ0n) is 13.0. The molecular weight excluding hydrogens is 316 g/mol. The van der Waals surface area contributed by atoms with Crippen molar-refractivity contribution in [3.05, 3.63) is 58.1 Å². The van der Waals surface area contributed by atoms with Crippen LogP contribution >= 0.6 is 11.6 Å². The molecule has 0 saturated heterocycles. The fourth-order valence-corrected chi connectivity index (χ4v) is 2.63. The van der Waals surface area contributed by atoms with Gasteiger partial charge >= 0.3 is 5.97 Å². The Kier molecular flexibility index (Phi) is 5.50. The molecule has 5 heteroatoms. The van der Waals surface area contributed by atoms with Gasteiger partial charge in [-0.3, -0.25) is 4.79 Å². The molecule has 122 valence electrons. The summed E-state index contributed by atoms with van der Waals surface area (Å²) in [7, 11) is 0. The van der Waals surface area contributed by atoms with Gasteiger partial charge in [-0.2, -0.15) is 0 Å². The van der Waals surface area contributed by atoms with Gasteiger partial charge in [-0.05, 0) is 43.5 Å². The third kappa shape index (κ3) is 4.17. The van der Waals surface area contributed by atoms with Gasteiger partial charge in [-0.1, -0.05) is 41.4 Å². The number of aryl methyl sites for hydroxylation is 1. The Labute approximate surface area is 140 Å². The maximum absolute atomic E-state index is 11.6. The minimum Gasteiger partial charge on any atom is -0.503 e. The number of aromatic hydroxyl groups is 1. The number of aliphatic carboxylic acids is 1. The van der Waals surface area contributed by atoms with Gasteiger partial charge in [0.25, 0.3) is 0 Å². The third-order valence-electron chi connectivity index (χ3n) is 3.61. The van der Waals surface area contributed by atoms with E-state index in [4.69, 9.17) is 16.3 Å². The highest BCUT2D eigenvalue weighted by molar-refractivity contribution is 6.32. The number of hydrogen-bond donors (Lipinski definition) is 2. The van der Waals surface area contributed by atoms with E-state index in [0.29, 0.717) is 12.2 Å². The summed E-state index contributed by atoms with van der Waals surface area (Å²) >= 11 is 6.01. The van der Waals surface area contributed by atoms with Crippen molar-refractivity contribution in [2.75, 3.05) is 6.61 Å². The van der Waals surface area contributed by atoms with Crippen LogP contribution in [0.5, 0.6) is 11.5 Å². The summed E-state index contributed by atoms with van der Waals surface area (Å²) in [4.78, 5) is 11.6. The maximum Gasteiger partial charge on any atom is 0.311 e. The number of carboxylic acid groups (broad SMARTS) is 1. The molecule has 23 heavy (non-hydrogen) atoms. The Balaban J connectivity index is 2.33. The van der Waals surface area contributed by atoms with E-state index in [2.05, 4.69) is 0 Å². The lowest BCUT2D eigenvalue weighted by Gasteiger charge is -2.15. The number of ether oxygens (including phenoxy) is 1. The Morgan fingerprint density at radius 1 is 1.26 bits per heavy atom. The van der Waals surface area contributed by atoms with Crippen LogP contribution in [-0.4, -0.2) is 22.8 Å². The van der Waals surface area contributed by atoms with Gasteiger partial charge < -0.3 is 14.9 Å². The lowest BCUT2D eigenvalue weighted by Crippen LogP contribution is -2.14. The summed E-state index contributed by atoms with van der Waals surface area (Å²) < 4.78 is 5.34. The number of halogens is 1. The van der Waals surface area contributed by atoms with Crippen molar-refractivity contribution in [2.24, 2.45) is 0 Å². The number of carbonyl (C=O) groups is 1. The largest absolute Gasteiger partial charge is 0.503 e. The van der Waals surface area contributed by atoms with Crippen molar-refractivity contribution in [2.45, 2.75) is 26.2 Å². The first-order valence-electron chi connectivity index (χ1n) is 7.36. The molecule has 0 fully saturated rings. The van der Waals surface area contributed by atoms with Crippen LogP contribution in [0, 0.1) is 6.92 Å². The van der Waals surface area contributed by atoms with Crippen molar-refractivity contribution in [3.8, 4) is 11.5 Å². The smallest absolute Gasteiger partial charge is 0.311 e. The highest BCUT2D eigenvalue weighted by atomic mass is 35.5. The molecule has 0 bridgehead atoms. The number of phenols is 1. The number of carboxylic acids is 1. The topological polar surface area (TPSA) is 66.8 Å². The highest BCUT2D eigenvalue weighted by Crippen LogP contribution is 2.36. The van der Waals surface area contributed by atoms with E-state index in [-0.39, 0.29) is 22.9 Å². The molecule has 2 N–H and O–H groups in total. The van der Waals surface area contributed by atoms with Crippen LogP contribution in [0.4, 0.5) is 0 Å². The van der Waals surface area contributed by atoms with E-state index in [1.807, 2.05) is 31.2 Å². The van der Waals surface area contributed by atoms with Crippen LogP contribution in [0.15, 0.2) is 36.4 Å². The molecule has 2 aromatic rings. The third-order valence-corrected chi connectivity index (χ3v) is 3.89. The Bertz CT molecular complexity index is 695. The van der Waals surface area contributed by atoms with E-state index in [1.165, 1.54) is 0 Å². The number of hydrogen-bond acceptors (Lipinski definition) is 3. The van der Waals surface area contributed by atoms with Gasteiger partial charge in [0.2, 0.25) is 0 Å². The van der Waals surface area contributed by atoms with Gasteiger partial charge in [0, 0.05) is 0 Å². The van der Waals surface area contributed by atoms with Crippen molar-refractivity contribution in [3.63, 3.8) is 0 Å². The average molecular weight is 335 g/mol. The first-order chi connectivity index (χ1) is 10.9. The molecule has 0 amide bonds. The zero-order valence-corrected chi connectivity index (χ0v) is 13.8. The molecule has 2 rings (SSSR count). The van der Waals surface area contributed by atoms with Crippen molar-refractivity contribution in [1.82, 2.24) is 0 Å². The lowest BCUT2D eigenvalue weighted by molar-refractivity contribution is -0.138. The average Bonchev–Trinajstić information content (AvgIpc) is 2.50. The molecule has 0 radical (unpaired) electrons. The second kappa shape index (κ2) is 7.38. The van der Waals surface area contributed by atoms with E-state index >= 15 is 0 Å². The normalized spacial score (nSPS) is 12.0. The Morgan fingerprint density at radius 2 is 1.91 bits per heavy atom. The van der Waals surface area contributed by atoms with Gasteiger partial charge in [0.15, 0.2) is 11.5 Å². The van der Waals surface area contributed by atoms with Crippen LogP contribution in [0.3, 0.4) is 0 Å². The number of benzene rings is 2. The monoisotopic (exact) mass is 334 g/mol. The summed E-state index contributed by atoms with van der Waals surface area (Å²) in [6.07, 6.45) is 0.262. The van der Waals surface area contributed by atoms with E-state index < -0.39 is 11.9 Å². The van der Waals surface area contributed by atoms with E-state index in [9.17, 15) is 15.0 Å². The van der Waals surface area contributed by atoms with Crippen LogP contribution in [0.2, 0.25) is 5.02 Å². The molecule has 0 aliphatic rings. The predicted molar refractivity (Wildman–Crippen MR) is 89.5 cm³/mol. The summed E-state index contributed by atoms with van der Waals surface area (Å²) in [6, 6.07) is 10.6. The molecule has 1 atom stereocenters. The molecule has 1 unspecified atom stereocenters.